The topological polar surface area (TPSA) is 75.6 Å². The molecule has 1 atom stereocenters. The molecule has 1 aliphatic heterocycles. The molecule has 2 N–H and O–H groups in total. The molecule has 0 amide bonds. The summed E-state index contributed by atoms with van der Waals surface area (Å²) in [6.07, 6.45) is -1.50. The number of aliphatic hydroxyl groups is 1. The molecular formula is C10H8F5NO4S. The lowest BCUT2D eigenvalue weighted by Crippen LogP contribution is -2.32. The van der Waals surface area contributed by atoms with Crippen molar-refractivity contribution in [2.75, 3.05) is 6.54 Å². The van der Waals surface area contributed by atoms with Gasteiger partial charge in [-0.25, -0.2) is 4.39 Å². The molecule has 1 unspecified atom stereocenters. The van der Waals surface area contributed by atoms with Gasteiger partial charge in [-0.05, 0) is 18.1 Å². The summed E-state index contributed by atoms with van der Waals surface area (Å²) in [5.74, 6) is -5.00. The number of benzene rings is 1. The summed E-state index contributed by atoms with van der Waals surface area (Å²) in [6.45, 7) is 0.144. The Bertz CT molecular complexity index is 673. The Morgan fingerprint density at radius 1 is 1.29 bits per heavy atom. The first-order valence-electron chi connectivity index (χ1n) is 5.47. The molecular weight excluding hydrogens is 325 g/mol. The largest absolute Gasteiger partial charge is 0.534 e. The average molecular weight is 333 g/mol. The van der Waals surface area contributed by atoms with Gasteiger partial charge in [0.1, 0.15) is 6.23 Å². The van der Waals surface area contributed by atoms with E-state index in [4.69, 9.17) is 0 Å². The second kappa shape index (κ2) is 5.07. The maximum absolute atomic E-state index is 13.7. The van der Waals surface area contributed by atoms with Crippen molar-refractivity contribution >= 4 is 10.1 Å². The third-order valence-corrected chi connectivity index (χ3v) is 3.75. The van der Waals surface area contributed by atoms with E-state index in [1.54, 1.807) is 0 Å². The molecule has 5 nitrogen and oxygen atoms in total. The van der Waals surface area contributed by atoms with Crippen molar-refractivity contribution in [3.8, 4) is 5.75 Å². The van der Waals surface area contributed by atoms with E-state index in [9.17, 15) is 35.5 Å². The van der Waals surface area contributed by atoms with Gasteiger partial charge < -0.3 is 9.29 Å². The summed E-state index contributed by atoms with van der Waals surface area (Å²) in [6, 6.07) is 0.626. The highest BCUT2D eigenvalue weighted by Crippen LogP contribution is 2.34. The van der Waals surface area contributed by atoms with Gasteiger partial charge in [0.05, 0.1) is 0 Å². The first-order valence-corrected chi connectivity index (χ1v) is 6.88. The van der Waals surface area contributed by atoms with E-state index in [1.807, 2.05) is 0 Å². The van der Waals surface area contributed by atoms with Crippen molar-refractivity contribution in [3.05, 3.63) is 28.8 Å². The lowest BCUT2D eigenvalue weighted by atomic mass is 9.98. The fourth-order valence-corrected chi connectivity index (χ4v) is 2.29. The van der Waals surface area contributed by atoms with Crippen LogP contribution in [0, 0.1) is 11.6 Å². The fraction of sp³-hybridized carbons (Fsp3) is 0.400. The Hall–Kier alpha value is -1.46. The third kappa shape index (κ3) is 2.80. The van der Waals surface area contributed by atoms with Crippen LogP contribution >= 0.6 is 0 Å². The van der Waals surface area contributed by atoms with Gasteiger partial charge >= 0.3 is 15.6 Å². The minimum atomic E-state index is -6.11. The van der Waals surface area contributed by atoms with E-state index in [0.717, 1.165) is 0 Å². The van der Waals surface area contributed by atoms with Crippen LogP contribution in [0.1, 0.15) is 17.4 Å². The highest BCUT2D eigenvalue weighted by molar-refractivity contribution is 7.88. The number of alkyl halides is 3. The van der Waals surface area contributed by atoms with Crippen molar-refractivity contribution in [2.24, 2.45) is 0 Å². The van der Waals surface area contributed by atoms with Crippen LogP contribution in [0.25, 0.3) is 0 Å². The van der Waals surface area contributed by atoms with Crippen LogP contribution in [-0.2, 0) is 16.5 Å². The Morgan fingerprint density at radius 2 is 1.90 bits per heavy atom. The van der Waals surface area contributed by atoms with Crippen LogP contribution in [0.15, 0.2) is 6.07 Å². The summed E-state index contributed by atoms with van der Waals surface area (Å²) >= 11 is 0. The number of nitrogens with one attached hydrogen (secondary N) is 1. The van der Waals surface area contributed by atoms with Gasteiger partial charge in [0, 0.05) is 12.1 Å². The minimum Gasteiger partial charge on any atom is -0.374 e. The van der Waals surface area contributed by atoms with Gasteiger partial charge in [-0.2, -0.15) is 26.0 Å². The Morgan fingerprint density at radius 3 is 2.48 bits per heavy atom. The molecule has 1 heterocycles. The molecule has 0 bridgehead atoms. The summed E-state index contributed by atoms with van der Waals surface area (Å²) in [5.41, 5.74) is -6.31. The van der Waals surface area contributed by atoms with Crippen LogP contribution in [-0.4, -0.2) is 25.6 Å². The van der Waals surface area contributed by atoms with Crippen molar-refractivity contribution in [1.29, 1.82) is 0 Å². The number of hydrogen-bond donors (Lipinski definition) is 2. The first-order chi connectivity index (χ1) is 9.54. The fourth-order valence-electron chi connectivity index (χ4n) is 1.84. The predicted molar refractivity (Wildman–Crippen MR) is 58.6 cm³/mol. The van der Waals surface area contributed by atoms with E-state index in [1.165, 1.54) is 0 Å². The SMILES string of the molecule is O=S(=O)(Oc1cc2c(c(F)c1F)C(O)NCC2)C(F)(F)F. The van der Waals surface area contributed by atoms with E-state index < -0.39 is 44.8 Å². The molecule has 0 radical (unpaired) electrons. The zero-order valence-electron chi connectivity index (χ0n) is 10.0. The van der Waals surface area contributed by atoms with Gasteiger partial charge in [0.15, 0.2) is 11.6 Å². The van der Waals surface area contributed by atoms with E-state index >= 15 is 0 Å². The molecule has 0 aliphatic carbocycles. The number of hydrogen-bond acceptors (Lipinski definition) is 5. The van der Waals surface area contributed by atoms with Crippen molar-refractivity contribution in [3.63, 3.8) is 0 Å². The molecule has 11 heteroatoms. The molecule has 0 fully saturated rings. The molecule has 0 spiro atoms. The number of aliphatic hydroxyl groups excluding tert-OH is 1. The van der Waals surface area contributed by atoms with Crippen molar-refractivity contribution in [1.82, 2.24) is 5.32 Å². The molecule has 118 valence electrons. The van der Waals surface area contributed by atoms with E-state index in [-0.39, 0.29) is 18.5 Å². The zero-order valence-corrected chi connectivity index (χ0v) is 10.9. The molecule has 0 saturated heterocycles. The summed E-state index contributed by atoms with van der Waals surface area (Å²) < 4.78 is 89.1. The third-order valence-electron chi connectivity index (χ3n) is 2.79. The molecule has 0 aromatic heterocycles. The minimum absolute atomic E-state index is 0.0476. The van der Waals surface area contributed by atoms with Crippen LogP contribution < -0.4 is 9.50 Å². The number of rotatable bonds is 2. The molecule has 2 rings (SSSR count). The average Bonchev–Trinajstić information content (AvgIpc) is 2.33. The van der Waals surface area contributed by atoms with Gasteiger partial charge in [-0.3, -0.25) is 5.32 Å². The second-order valence-corrected chi connectivity index (χ2v) is 5.70. The van der Waals surface area contributed by atoms with Crippen LogP contribution in [0.3, 0.4) is 0 Å². The summed E-state index contributed by atoms with van der Waals surface area (Å²) in [4.78, 5) is 0. The molecule has 1 aromatic rings. The number of fused-ring (bicyclic) bond motifs is 1. The summed E-state index contributed by atoms with van der Waals surface area (Å²) in [7, 11) is -6.11. The maximum atomic E-state index is 13.7. The van der Waals surface area contributed by atoms with Gasteiger partial charge in [0.2, 0.25) is 5.82 Å². The Labute approximate surface area is 115 Å². The number of halogens is 5. The smallest absolute Gasteiger partial charge is 0.374 e. The van der Waals surface area contributed by atoms with Crippen LogP contribution in [0.4, 0.5) is 22.0 Å². The Balaban J connectivity index is 2.51. The molecule has 1 aromatic carbocycles. The van der Waals surface area contributed by atoms with Crippen molar-refractivity contribution in [2.45, 2.75) is 18.2 Å². The lowest BCUT2D eigenvalue weighted by molar-refractivity contribution is -0.0501. The maximum Gasteiger partial charge on any atom is 0.534 e. The van der Waals surface area contributed by atoms with Gasteiger partial charge in [-0.1, -0.05) is 0 Å². The molecule has 1 aliphatic rings. The van der Waals surface area contributed by atoms with Gasteiger partial charge in [-0.15, -0.1) is 0 Å². The zero-order chi connectivity index (χ0) is 16.0. The lowest BCUT2D eigenvalue weighted by Gasteiger charge is -2.24. The van der Waals surface area contributed by atoms with E-state index in [0.29, 0.717) is 6.07 Å². The molecule has 0 saturated carbocycles. The predicted octanol–water partition coefficient (Wildman–Crippen LogP) is 1.33. The molecule has 21 heavy (non-hydrogen) atoms. The van der Waals surface area contributed by atoms with E-state index in [2.05, 4.69) is 9.50 Å². The second-order valence-electron chi connectivity index (χ2n) is 4.17. The van der Waals surface area contributed by atoms with Crippen LogP contribution in [0.5, 0.6) is 5.75 Å². The van der Waals surface area contributed by atoms with Gasteiger partial charge in [0.25, 0.3) is 0 Å². The standard InChI is InChI=1S/C10H8F5NO4S/c11-7-5(20-21(18,19)10(13,14)15)3-4-1-2-16-9(17)6(4)8(7)12/h3,9,16-17H,1-2H2. The highest BCUT2D eigenvalue weighted by atomic mass is 32.2. The Kier molecular flexibility index (Phi) is 3.84. The normalized spacial score (nSPS) is 19.2. The monoisotopic (exact) mass is 333 g/mol. The first kappa shape index (κ1) is 15.9. The quantitative estimate of drug-likeness (QED) is 0.485. The van der Waals surface area contributed by atoms with Crippen molar-refractivity contribution < 1.29 is 39.7 Å². The summed E-state index contributed by atoms with van der Waals surface area (Å²) in [5, 5.41) is 11.9. The highest BCUT2D eigenvalue weighted by Gasteiger charge is 2.49. The van der Waals surface area contributed by atoms with Crippen LogP contribution in [0.2, 0.25) is 0 Å².